The number of hydrogen-bond donors (Lipinski definition) is 2. The van der Waals surface area contributed by atoms with Crippen molar-refractivity contribution in [2.75, 3.05) is 0 Å². The molecule has 0 fully saturated rings. The minimum Gasteiger partial charge on any atom is -0.480 e. The van der Waals surface area contributed by atoms with Crippen molar-refractivity contribution in [3.63, 3.8) is 0 Å². The Morgan fingerprint density at radius 3 is 2.29 bits per heavy atom. The van der Waals surface area contributed by atoms with E-state index in [0.29, 0.717) is 17.1 Å². The van der Waals surface area contributed by atoms with Crippen LogP contribution in [0, 0.1) is 5.82 Å². The summed E-state index contributed by atoms with van der Waals surface area (Å²) in [4.78, 5) is 23.3. The predicted octanol–water partition coefficient (Wildman–Crippen LogP) is 4.79. The zero-order chi connectivity index (χ0) is 20.9. The molecule has 0 saturated carbocycles. The van der Waals surface area contributed by atoms with Gasteiger partial charge >= 0.3 is 12.1 Å². The molecule has 0 aromatic heterocycles. The SMILES string of the molecule is CC(C)(C)OC(=O)NC(Cc1ccc(Oc2ccc(F)c(Cl)c2)cc1)C(=O)O. The first kappa shape index (κ1) is 21.5. The number of rotatable bonds is 6. The first-order valence-corrected chi connectivity index (χ1v) is 8.85. The molecule has 2 aromatic carbocycles. The maximum absolute atomic E-state index is 13.2. The largest absolute Gasteiger partial charge is 0.480 e. The van der Waals surface area contributed by atoms with Gasteiger partial charge in [0.2, 0.25) is 0 Å². The summed E-state index contributed by atoms with van der Waals surface area (Å²) in [6.07, 6.45) is -0.731. The highest BCUT2D eigenvalue weighted by Crippen LogP contribution is 2.26. The second kappa shape index (κ2) is 8.93. The third kappa shape index (κ3) is 6.74. The summed E-state index contributed by atoms with van der Waals surface area (Å²) in [7, 11) is 0. The average molecular weight is 410 g/mol. The normalized spacial score (nSPS) is 12.2. The molecule has 0 aliphatic rings. The summed E-state index contributed by atoms with van der Waals surface area (Å²) >= 11 is 5.72. The Kier molecular flexibility index (Phi) is 6.85. The molecule has 150 valence electrons. The fourth-order valence-electron chi connectivity index (χ4n) is 2.26. The van der Waals surface area contributed by atoms with Crippen LogP contribution in [-0.4, -0.2) is 28.8 Å². The van der Waals surface area contributed by atoms with E-state index >= 15 is 0 Å². The van der Waals surface area contributed by atoms with E-state index in [2.05, 4.69) is 5.32 Å². The van der Waals surface area contributed by atoms with E-state index in [-0.39, 0.29) is 11.4 Å². The maximum atomic E-state index is 13.2. The highest BCUT2D eigenvalue weighted by atomic mass is 35.5. The Balaban J connectivity index is 2.01. The number of hydrogen-bond acceptors (Lipinski definition) is 4. The Hall–Kier alpha value is -2.80. The van der Waals surface area contributed by atoms with Crippen LogP contribution in [0.5, 0.6) is 11.5 Å². The number of halogens is 2. The van der Waals surface area contributed by atoms with Gasteiger partial charge < -0.3 is 19.9 Å². The number of amides is 1. The zero-order valence-electron chi connectivity index (χ0n) is 15.7. The van der Waals surface area contributed by atoms with Gasteiger partial charge in [-0.05, 0) is 50.6 Å². The molecule has 0 heterocycles. The van der Waals surface area contributed by atoms with Crippen LogP contribution in [-0.2, 0) is 16.0 Å². The molecule has 28 heavy (non-hydrogen) atoms. The zero-order valence-corrected chi connectivity index (χ0v) is 16.4. The molecule has 0 radical (unpaired) electrons. The number of benzene rings is 2. The number of ether oxygens (including phenoxy) is 2. The lowest BCUT2D eigenvalue weighted by molar-refractivity contribution is -0.139. The van der Waals surface area contributed by atoms with Gasteiger partial charge in [-0.3, -0.25) is 0 Å². The highest BCUT2D eigenvalue weighted by molar-refractivity contribution is 6.30. The molecule has 1 amide bonds. The Morgan fingerprint density at radius 2 is 1.75 bits per heavy atom. The van der Waals surface area contributed by atoms with Crippen molar-refractivity contribution in [3.8, 4) is 11.5 Å². The van der Waals surface area contributed by atoms with E-state index in [1.807, 2.05) is 0 Å². The van der Waals surface area contributed by atoms with Gasteiger partial charge in [-0.2, -0.15) is 0 Å². The van der Waals surface area contributed by atoms with Crippen molar-refractivity contribution in [3.05, 3.63) is 58.9 Å². The van der Waals surface area contributed by atoms with Crippen LogP contribution >= 0.6 is 11.6 Å². The topological polar surface area (TPSA) is 84.9 Å². The Morgan fingerprint density at radius 1 is 1.14 bits per heavy atom. The Bertz CT molecular complexity index is 849. The molecule has 2 N–H and O–H groups in total. The van der Waals surface area contributed by atoms with Crippen LogP contribution < -0.4 is 10.1 Å². The van der Waals surface area contributed by atoms with Gasteiger partial charge in [0, 0.05) is 12.5 Å². The number of carboxylic acid groups (broad SMARTS) is 1. The lowest BCUT2D eigenvalue weighted by Gasteiger charge is -2.22. The van der Waals surface area contributed by atoms with E-state index in [9.17, 15) is 19.1 Å². The van der Waals surface area contributed by atoms with Crippen molar-refractivity contribution >= 4 is 23.7 Å². The third-order valence-electron chi connectivity index (χ3n) is 3.48. The van der Waals surface area contributed by atoms with Gasteiger partial charge in [0.25, 0.3) is 0 Å². The standard InChI is InChI=1S/C20H21ClFNO5/c1-20(2,3)28-19(26)23-17(18(24)25)10-12-4-6-13(7-5-12)27-14-8-9-16(22)15(21)11-14/h4-9,11,17H,10H2,1-3H3,(H,23,26)(H,24,25). The fraction of sp³-hybridized carbons (Fsp3) is 0.300. The van der Waals surface area contributed by atoms with E-state index in [1.54, 1.807) is 45.0 Å². The molecule has 0 spiro atoms. The molecule has 1 atom stereocenters. The number of aliphatic carboxylic acids is 1. The predicted molar refractivity (Wildman–Crippen MR) is 102 cm³/mol. The van der Waals surface area contributed by atoms with Crippen LogP contribution in [0.3, 0.4) is 0 Å². The smallest absolute Gasteiger partial charge is 0.408 e. The van der Waals surface area contributed by atoms with E-state index < -0.39 is 29.5 Å². The number of alkyl carbamates (subject to hydrolysis) is 1. The molecule has 2 aromatic rings. The van der Waals surface area contributed by atoms with Crippen molar-refractivity contribution in [1.29, 1.82) is 0 Å². The number of carboxylic acids is 1. The number of nitrogens with one attached hydrogen (secondary N) is 1. The van der Waals surface area contributed by atoms with Gasteiger partial charge in [-0.15, -0.1) is 0 Å². The van der Waals surface area contributed by atoms with Gasteiger partial charge in [0.15, 0.2) is 0 Å². The highest BCUT2D eigenvalue weighted by Gasteiger charge is 2.24. The summed E-state index contributed by atoms with van der Waals surface area (Å²) in [5.41, 5.74) is -0.0528. The molecular weight excluding hydrogens is 389 g/mol. The lowest BCUT2D eigenvalue weighted by Crippen LogP contribution is -2.44. The molecular formula is C20H21ClFNO5. The van der Waals surface area contributed by atoms with Gasteiger partial charge in [-0.1, -0.05) is 23.7 Å². The summed E-state index contributed by atoms with van der Waals surface area (Å²) in [5, 5.41) is 11.6. The van der Waals surface area contributed by atoms with Crippen molar-refractivity contribution < 1.29 is 28.6 Å². The second-order valence-electron chi connectivity index (χ2n) is 7.06. The molecule has 1 unspecified atom stereocenters. The van der Waals surface area contributed by atoms with Crippen molar-refractivity contribution in [1.82, 2.24) is 5.32 Å². The summed E-state index contributed by atoms with van der Waals surface area (Å²) in [6, 6.07) is 9.48. The van der Waals surface area contributed by atoms with Crippen LogP contribution in [0.1, 0.15) is 26.3 Å². The summed E-state index contributed by atoms with van der Waals surface area (Å²) < 4.78 is 23.9. The maximum Gasteiger partial charge on any atom is 0.408 e. The van der Waals surface area contributed by atoms with Gasteiger partial charge in [-0.25, -0.2) is 14.0 Å². The number of carbonyl (C=O) groups excluding carboxylic acids is 1. The lowest BCUT2D eigenvalue weighted by atomic mass is 10.1. The van der Waals surface area contributed by atoms with E-state index in [4.69, 9.17) is 21.1 Å². The van der Waals surface area contributed by atoms with Crippen LogP contribution in [0.2, 0.25) is 5.02 Å². The molecule has 0 aliphatic carbocycles. The quantitative estimate of drug-likeness (QED) is 0.716. The molecule has 0 aliphatic heterocycles. The molecule has 0 saturated heterocycles. The molecule has 8 heteroatoms. The van der Waals surface area contributed by atoms with Crippen molar-refractivity contribution in [2.24, 2.45) is 0 Å². The molecule has 6 nitrogen and oxygen atoms in total. The minimum atomic E-state index is -1.17. The Labute approximate surface area is 167 Å². The van der Waals surface area contributed by atoms with Crippen molar-refractivity contribution in [2.45, 2.75) is 38.8 Å². The number of carbonyl (C=O) groups is 2. The minimum absolute atomic E-state index is 0.0494. The summed E-state index contributed by atoms with van der Waals surface area (Å²) in [6.45, 7) is 5.07. The first-order chi connectivity index (χ1) is 13.0. The van der Waals surface area contributed by atoms with Gasteiger partial charge in [0.05, 0.1) is 5.02 Å². The average Bonchev–Trinajstić information content (AvgIpc) is 2.57. The summed E-state index contributed by atoms with van der Waals surface area (Å²) in [5.74, 6) is -0.874. The third-order valence-corrected chi connectivity index (χ3v) is 3.77. The van der Waals surface area contributed by atoms with E-state index in [0.717, 1.165) is 0 Å². The van der Waals surface area contributed by atoms with Crippen LogP contribution in [0.4, 0.5) is 9.18 Å². The fourth-order valence-corrected chi connectivity index (χ4v) is 2.43. The van der Waals surface area contributed by atoms with Crippen LogP contribution in [0.15, 0.2) is 42.5 Å². The van der Waals surface area contributed by atoms with Crippen LogP contribution in [0.25, 0.3) is 0 Å². The van der Waals surface area contributed by atoms with E-state index in [1.165, 1.54) is 18.2 Å². The second-order valence-corrected chi connectivity index (χ2v) is 7.47. The molecule has 0 bridgehead atoms. The van der Waals surface area contributed by atoms with Gasteiger partial charge in [0.1, 0.15) is 29.0 Å². The monoisotopic (exact) mass is 409 g/mol. The molecule has 2 rings (SSSR count). The first-order valence-electron chi connectivity index (χ1n) is 8.47.